The summed E-state index contributed by atoms with van der Waals surface area (Å²) < 4.78 is 0. The second-order valence-corrected chi connectivity index (χ2v) is 5.41. The zero-order chi connectivity index (χ0) is 17.5. The number of urea groups is 1. The van der Waals surface area contributed by atoms with E-state index < -0.39 is 5.97 Å². The molecule has 0 saturated heterocycles. The Morgan fingerprint density at radius 3 is 2.50 bits per heavy atom. The highest BCUT2D eigenvalue weighted by molar-refractivity contribution is 5.87. The molecule has 24 heavy (non-hydrogen) atoms. The molecule has 0 bridgehead atoms. The minimum atomic E-state index is -0.965. The molecule has 0 aliphatic heterocycles. The molecule has 126 valence electrons. The maximum Gasteiger partial charge on any atom is 0.335 e. The number of nitrogens with zero attached hydrogens (tertiary/aromatic N) is 2. The molecule has 0 aliphatic carbocycles. The molecule has 1 aromatic carbocycles. The van der Waals surface area contributed by atoms with Crippen LogP contribution in [0.1, 0.15) is 41.4 Å². The molecule has 1 unspecified atom stereocenters. The summed E-state index contributed by atoms with van der Waals surface area (Å²) in [6.07, 6.45) is 3.46. The molecule has 1 aromatic heterocycles. The van der Waals surface area contributed by atoms with E-state index in [1.807, 2.05) is 26.0 Å². The van der Waals surface area contributed by atoms with E-state index in [0.29, 0.717) is 13.1 Å². The standard InChI is InChI=1S/C18H21N3O3/c1-3-21(13(2)16-5-4-10-19-12-16)18(24)20-11-14-6-8-15(9-7-14)17(22)23/h4-10,12-13H,3,11H2,1-2H3,(H,20,24)(H,22,23). The van der Waals surface area contributed by atoms with Crippen molar-refractivity contribution in [2.45, 2.75) is 26.4 Å². The molecule has 1 heterocycles. The lowest BCUT2D eigenvalue weighted by Crippen LogP contribution is -2.41. The van der Waals surface area contributed by atoms with E-state index in [0.717, 1.165) is 11.1 Å². The normalized spacial score (nSPS) is 11.6. The second kappa shape index (κ2) is 8.10. The molecule has 2 aromatic rings. The summed E-state index contributed by atoms with van der Waals surface area (Å²) in [6, 6.07) is 9.99. The molecule has 0 saturated carbocycles. The number of carboxylic acids is 1. The topological polar surface area (TPSA) is 82.5 Å². The quantitative estimate of drug-likeness (QED) is 0.854. The van der Waals surface area contributed by atoms with Gasteiger partial charge in [0.25, 0.3) is 0 Å². The van der Waals surface area contributed by atoms with E-state index in [-0.39, 0.29) is 17.6 Å². The second-order valence-electron chi connectivity index (χ2n) is 5.41. The van der Waals surface area contributed by atoms with Crippen LogP contribution >= 0.6 is 0 Å². The number of rotatable bonds is 6. The van der Waals surface area contributed by atoms with Crippen molar-refractivity contribution in [3.05, 3.63) is 65.5 Å². The Balaban J connectivity index is 1.98. The maximum atomic E-state index is 12.4. The summed E-state index contributed by atoms with van der Waals surface area (Å²) in [5.41, 5.74) is 2.05. The van der Waals surface area contributed by atoms with Crippen LogP contribution in [0.4, 0.5) is 4.79 Å². The lowest BCUT2D eigenvalue weighted by atomic mass is 10.1. The van der Waals surface area contributed by atoms with Crippen LogP contribution in [0, 0.1) is 0 Å². The molecule has 0 spiro atoms. The molecule has 1 atom stereocenters. The van der Waals surface area contributed by atoms with Crippen LogP contribution in [-0.4, -0.2) is 33.5 Å². The number of nitrogens with one attached hydrogen (secondary N) is 1. The third-order valence-electron chi connectivity index (χ3n) is 3.88. The largest absolute Gasteiger partial charge is 0.478 e. The van der Waals surface area contributed by atoms with Gasteiger partial charge in [-0.1, -0.05) is 18.2 Å². The van der Waals surface area contributed by atoms with E-state index >= 15 is 0 Å². The predicted molar refractivity (Wildman–Crippen MR) is 90.7 cm³/mol. The first-order valence-corrected chi connectivity index (χ1v) is 7.79. The van der Waals surface area contributed by atoms with Crippen molar-refractivity contribution >= 4 is 12.0 Å². The van der Waals surface area contributed by atoms with Gasteiger partial charge in [0, 0.05) is 25.5 Å². The van der Waals surface area contributed by atoms with Gasteiger partial charge in [0.1, 0.15) is 0 Å². The fraction of sp³-hybridized carbons (Fsp3) is 0.278. The van der Waals surface area contributed by atoms with Crippen molar-refractivity contribution in [3.8, 4) is 0 Å². The maximum absolute atomic E-state index is 12.4. The zero-order valence-electron chi connectivity index (χ0n) is 13.8. The Hall–Kier alpha value is -2.89. The van der Waals surface area contributed by atoms with Crippen LogP contribution < -0.4 is 5.32 Å². The van der Waals surface area contributed by atoms with E-state index in [1.54, 1.807) is 29.4 Å². The van der Waals surface area contributed by atoms with Gasteiger partial charge in [0.05, 0.1) is 11.6 Å². The third kappa shape index (κ3) is 4.32. The highest BCUT2D eigenvalue weighted by Gasteiger charge is 2.19. The number of carboxylic acid groups (broad SMARTS) is 1. The van der Waals surface area contributed by atoms with Gasteiger partial charge in [-0.05, 0) is 43.2 Å². The van der Waals surface area contributed by atoms with Crippen molar-refractivity contribution in [2.24, 2.45) is 0 Å². The molecule has 0 aliphatic rings. The molecular weight excluding hydrogens is 306 g/mol. The summed E-state index contributed by atoms with van der Waals surface area (Å²) >= 11 is 0. The van der Waals surface area contributed by atoms with E-state index in [1.165, 1.54) is 12.1 Å². The van der Waals surface area contributed by atoms with Crippen molar-refractivity contribution in [3.63, 3.8) is 0 Å². The number of pyridine rings is 1. The summed E-state index contributed by atoms with van der Waals surface area (Å²) in [6.45, 7) is 4.80. The number of amides is 2. The number of benzene rings is 1. The van der Waals surface area contributed by atoms with Gasteiger partial charge in [-0.2, -0.15) is 0 Å². The fourth-order valence-electron chi connectivity index (χ4n) is 2.44. The number of aromatic nitrogens is 1. The van der Waals surface area contributed by atoms with Crippen molar-refractivity contribution < 1.29 is 14.7 Å². The number of carbonyl (C=O) groups is 2. The van der Waals surface area contributed by atoms with Gasteiger partial charge in [0.2, 0.25) is 0 Å². The van der Waals surface area contributed by atoms with Gasteiger partial charge in [-0.25, -0.2) is 9.59 Å². The minimum absolute atomic E-state index is 0.0851. The van der Waals surface area contributed by atoms with E-state index in [9.17, 15) is 9.59 Å². The molecule has 2 N–H and O–H groups in total. The molecule has 6 nitrogen and oxygen atoms in total. The molecule has 0 radical (unpaired) electrons. The van der Waals surface area contributed by atoms with Crippen LogP contribution in [-0.2, 0) is 6.54 Å². The summed E-state index contributed by atoms with van der Waals surface area (Å²) in [4.78, 5) is 29.1. The van der Waals surface area contributed by atoms with Crippen LogP contribution in [0.2, 0.25) is 0 Å². The Labute approximate surface area is 141 Å². The van der Waals surface area contributed by atoms with Gasteiger partial charge in [-0.15, -0.1) is 0 Å². The number of carbonyl (C=O) groups excluding carboxylic acids is 1. The SMILES string of the molecule is CCN(C(=O)NCc1ccc(C(=O)O)cc1)C(C)c1cccnc1. The minimum Gasteiger partial charge on any atom is -0.478 e. The van der Waals surface area contributed by atoms with Gasteiger partial charge >= 0.3 is 12.0 Å². The van der Waals surface area contributed by atoms with E-state index in [4.69, 9.17) is 5.11 Å². The molecule has 2 amide bonds. The van der Waals surface area contributed by atoms with E-state index in [2.05, 4.69) is 10.3 Å². The molecule has 0 fully saturated rings. The highest BCUT2D eigenvalue weighted by atomic mass is 16.4. The zero-order valence-corrected chi connectivity index (χ0v) is 13.8. The smallest absolute Gasteiger partial charge is 0.335 e. The lowest BCUT2D eigenvalue weighted by Gasteiger charge is -2.28. The monoisotopic (exact) mass is 327 g/mol. The van der Waals surface area contributed by atoms with Crippen LogP contribution in [0.5, 0.6) is 0 Å². The van der Waals surface area contributed by atoms with Crippen LogP contribution in [0.15, 0.2) is 48.8 Å². The van der Waals surface area contributed by atoms with Crippen molar-refractivity contribution in [2.75, 3.05) is 6.54 Å². The Morgan fingerprint density at radius 1 is 1.25 bits per heavy atom. The number of hydrogen-bond acceptors (Lipinski definition) is 3. The summed E-state index contributed by atoms with van der Waals surface area (Å²) in [7, 11) is 0. The molecular formula is C18H21N3O3. The third-order valence-corrected chi connectivity index (χ3v) is 3.88. The average molecular weight is 327 g/mol. The first-order chi connectivity index (χ1) is 11.5. The predicted octanol–water partition coefficient (Wildman–Crippen LogP) is 3.07. The average Bonchev–Trinajstić information content (AvgIpc) is 2.61. The highest BCUT2D eigenvalue weighted by Crippen LogP contribution is 2.18. The molecule has 2 rings (SSSR count). The van der Waals surface area contributed by atoms with Gasteiger partial charge < -0.3 is 15.3 Å². The fourth-order valence-corrected chi connectivity index (χ4v) is 2.44. The molecule has 6 heteroatoms. The summed E-state index contributed by atoms with van der Waals surface area (Å²) in [5, 5.41) is 11.8. The number of aromatic carboxylic acids is 1. The Bertz CT molecular complexity index is 686. The van der Waals surface area contributed by atoms with Crippen molar-refractivity contribution in [1.29, 1.82) is 0 Å². The first kappa shape index (κ1) is 17.5. The Kier molecular flexibility index (Phi) is 5.89. The first-order valence-electron chi connectivity index (χ1n) is 7.79. The van der Waals surface area contributed by atoms with Crippen LogP contribution in [0.25, 0.3) is 0 Å². The van der Waals surface area contributed by atoms with Crippen molar-refractivity contribution in [1.82, 2.24) is 15.2 Å². The Morgan fingerprint density at radius 2 is 1.96 bits per heavy atom. The summed E-state index contributed by atoms with van der Waals surface area (Å²) in [5.74, 6) is -0.965. The lowest BCUT2D eigenvalue weighted by molar-refractivity contribution is 0.0697. The number of hydrogen-bond donors (Lipinski definition) is 2. The van der Waals surface area contributed by atoms with Gasteiger partial charge in [-0.3, -0.25) is 4.98 Å². The van der Waals surface area contributed by atoms with Crippen LogP contribution in [0.3, 0.4) is 0 Å². The van der Waals surface area contributed by atoms with Gasteiger partial charge in [0.15, 0.2) is 0 Å².